The molecule has 0 unspecified atom stereocenters. The number of rotatable bonds is 1. The van der Waals surface area contributed by atoms with Crippen molar-refractivity contribution in [1.29, 1.82) is 0 Å². The van der Waals surface area contributed by atoms with Crippen molar-refractivity contribution in [2.24, 2.45) is 0 Å². The van der Waals surface area contributed by atoms with Gasteiger partial charge in [-0.2, -0.15) is 0 Å². The molecule has 0 saturated carbocycles. The third-order valence-electron chi connectivity index (χ3n) is 1.11. The molecule has 5 heteroatoms. The number of nitrogens with zero attached hydrogens (tertiary/aromatic N) is 1. The summed E-state index contributed by atoms with van der Waals surface area (Å²) in [4.78, 5) is 10.2. The van der Waals surface area contributed by atoms with Crippen molar-refractivity contribution < 1.29 is 14.4 Å². The normalized spacial score (nSPS) is 9.70. The predicted octanol–water partition coefficient (Wildman–Crippen LogP) is -0.525. The zero-order valence-electron chi connectivity index (χ0n) is 5.29. The van der Waals surface area contributed by atoms with Gasteiger partial charge in [0.25, 0.3) is 0 Å². The van der Waals surface area contributed by atoms with E-state index in [9.17, 15) is 4.79 Å². The average molecular weight is 137 g/mol. The maximum Gasteiger partial charge on any atom is 0.357 e. The van der Waals surface area contributed by atoms with E-state index in [2.05, 4.69) is 9.68 Å². The van der Waals surface area contributed by atoms with Gasteiger partial charge in [-0.3, -0.25) is 0 Å². The largest absolute Gasteiger partial charge is 0.476 e. The van der Waals surface area contributed by atoms with Gasteiger partial charge in [-0.15, -0.1) is 0 Å². The first kappa shape index (κ1) is 6.86. The van der Waals surface area contributed by atoms with Crippen LogP contribution in [-0.4, -0.2) is 24.1 Å². The summed E-state index contributed by atoms with van der Waals surface area (Å²) in [5.74, 6) is -0.841. The Hall–Kier alpha value is -1.26. The average Bonchev–Trinajstić information content (AvgIpc) is 2.14. The minimum atomic E-state index is -1.17. The molecule has 1 rings (SSSR count). The molecule has 50 valence electrons. The van der Waals surface area contributed by atoms with Crippen molar-refractivity contribution in [1.82, 2.24) is 5.16 Å². The summed E-state index contributed by atoms with van der Waals surface area (Å²) in [6.07, 6.45) is 0. The van der Waals surface area contributed by atoms with Crippen LogP contribution in [0.3, 0.4) is 0 Å². The molecule has 0 atom stereocenters. The number of hydrogen-bond acceptors (Lipinski definition) is 3. The molecule has 0 amide bonds. The summed E-state index contributed by atoms with van der Waals surface area (Å²) in [7, 11) is 5.27. The molecule has 2 radical (unpaired) electrons. The molecule has 0 aliphatic carbocycles. The van der Waals surface area contributed by atoms with Gasteiger partial charge < -0.3 is 9.63 Å². The summed E-state index contributed by atoms with van der Waals surface area (Å²) >= 11 is 0. The van der Waals surface area contributed by atoms with Gasteiger partial charge in [0, 0.05) is 0 Å². The van der Waals surface area contributed by atoms with Gasteiger partial charge in [0.15, 0.2) is 5.69 Å². The van der Waals surface area contributed by atoms with Crippen molar-refractivity contribution in [3.63, 3.8) is 0 Å². The molecule has 0 fully saturated rings. The van der Waals surface area contributed by atoms with Crippen LogP contribution in [0.5, 0.6) is 0 Å². The van der Waals surface area contributed by atoms with Crippen LogP contribution in [0.2, 0.25) is 0 Å². The van der Waals surface area contributed by atoms with Gasteiger partial charge in [0.2, 0.25) is 0 Å². The Morgan fingerprint density at radius 3 is 2.60 bits per heavy atom. The number of aromatic carboxylic acids is 1. The highest BCUT2D eigenvalue weighted by Crippen LogP contribution is 1.95. The van der Waals surface area contributed by atoms with E-state index < -0.39 is 5.97 Å². The van der Waals surface area contributed by atoms with E-state index in [1.54, 1.807) is 6.92 Å². The summed E-state index contributed by atoms with van der Waals surface area (Å²) in [5.41, 5.74) is -0.134. The van der Waals surface area contributed by atoms with Crippen molar-refractivity contribution in [3.05, 3.63) is 11.5 Å². The van der Waals surface area contributed by atoms with Gasteiger partial charge >= 0.3 is 5.97 Å². The highest BCUT2D eigenvalue weighted by atomic mass is 16.5. The number of aromatic nitrogens is 1. The number of carboxylic acids is 1. The lowest BCUT2D eigenvalue weighted by molar-refractivity contribution is 0.0687. The fraction of sp³-hybridized carbons (Fsp3) is 0.200. The van der Waals surface area contributed by atoms with Crippen LogP contribution >= 0.6 is 0 Å². The Balaban J connectivity index is 3.17. The monoisotopic (exact) mass is 137 g/mol. The second-order valence-electron chi connectivity index (χ2n) is 1.81. The molecule has 10 heavy (non-hydrogen) atoms. The van der Waals surface area contributed by atoms with Crippen LogP contribution in [0, 0.1) is 6.92 Å². The third kappa shape index (κ3) is 0.898. The van der Waals surface area contributed by atoms with Gasteiger partial charge in [-0.05, 0) is 12.4 Å². The summed E-state index contributed by atoms with van der Waals surface area (Å²) in [6, 6.07) is 0. The Morgan fingerprint density at radius 2 is 2.40 bits per heavy atom. The Bertz CT molecular complexity index is 268. The van der Waals surface area contributed by atoms with E-state index >= 15 is 0 Å². The van der Waals surface area contributed by atoms with Gasteiger partial charge in [-0.25, -0.2) is 4.79 Å². The van der Waals surface area contributed by atoms with Crippen LogP contribution in [0.4, 0.5) is 0 Å². The Morgan fingerprint density at radius 1 is 1.80 bits per heavy atom. The molecule has 1 N–H and O–H groups in total. The van der Waals surface area contributed by atoms with Crippen LogP contribution in [0.25, 0.3) is 0 Å². The fourth-order valence-electron chi connectivity index (χ4n) is 0.533. The molecule has 0 bridgehead atoms. The summed E-state index contributed by atoms with van der Waals surface area (Å²) in [5, 5.41) is 11.6. The first-order valence-electron chi connectivity index (χ1n) is 2.58. The minimum Gasteiger partial charge on any atom is -0.476 e. The third-order valence-corrected chi connectivity index (χ3v) is 1.11. The second-order valence-corrected chi connectivity index (χ2v) is 1.81. The lowest BCUT2D eigenvalue weighted by Gasteiger charge is -1.85. The van der Waals surface area contributed by atoms with Crippen LogP contribution < -0.4 is 5.46 Å². The maximum atomic E-state index is 10.2. The van der Waals surface area contributed by atoms with E-state index in [0.29, 0.717) is 5.76 Å². The van der Waals surface area contributed by atoms with Crippen LogP contribution in [0.15, 0.2) is 4.52 Å². The molecule has 0 aromatic carbocycles. The minimum absolute atomic E-state index is 0.0903. The topological polar surface area (TPSA) is 63.3 Å². The van der Waals surface area contributed by atoms with E-state index in [4.69, 9.17) is 13.0 Å². The Labute approximate surface area is 58.2 Å². The standard InChI is InChI=1S/C5H4BNO3/c1-2-3(6)4(5(8)9)7-10-2/h1H3,(H,8,9). The summed E-state index contributed by atoms with van der Waals surface area (Å²) < 4.78 is 4.50. The van der Waals surface area contributed by atoms with Crippen LogP contribution in [-0.2, 0) is 0 Å². The van der Waals surface area contributed by atoms with Gasteiger partial charge in [0.05, 0.1) is 0 Å². The van der Waals surface area contributed by atoms with E-state index in [1.165, 1.54) is 0 Å². The second kappa shape index (κ2) is 2.17. The van der Waals surface area contributed by atoms with E-state index in [1.807, 2.05) is 0 Å². The molecular formula is C5H4BNO3. The molecular weight excluding hydrogens is 133 g/mol. The van der Waals surface area contributed by atoms with Crippen molar-refractivity contribution >= 4 is 19.3 Å². The molecule has 1 aromatic rings. The zero-order valence-corrected chi connectivity index (χ0v) is 5.29. The molecule has 0 aliphatic rings. The summed E-state index contributed by atoms with van der Waals surface area (Å²) in [6.45, 7) is 1.55. The number of carboxylic acid groups (broad SMARTS) is 1. The number of hydrogen-bond donors (Lipinski definition) is 1. The lowest BCUT2D eigenvalue weighted by Crippen LogP contribution is -2.14. The van der Waals surface area contributed by atoms with Crippen molar-refractivity contribution in [3.8, 4) is 0 Å². The molecule has 0 aliphatic heterocycles. The SMILES string of the molecule is [B]c1c(C(=O)O)noc1C. The fourth-order valence-corrected chi connectivity index (χ4v) is 0.533. The molecule has 1 aromatic heterocycles. The smallest absolute Gasteiger partial charge is 0.357 e. The van der Waals surface area contributed by atoms with E-state index in [-0.39, 0.29) is 11.2 Å². The highest BCUT2D eigenvalue weighted by Gasteiger charge is 2.13. The Kier molecular flexibility index (Phi) is 1.49. The van der Waals surface area contributed by atoms with Gasteiger partial charge in [0.1, 0.15) is 13.6 Å². The maximum absolute atomic E-state index is 10.2. The molecule has 0 spiro atoms. The molecule has 0 saturated heterocycles. The zero-order chi connectivity index (χ0) is 7.72. The number of carbonyl (C=O) groups is 1. The lowest BCUT2D eigenvalue weighted by atomic mass is 9.94. The first-order valence-corrected chi connectivity index (χ1v) is 2.58. The van der Waals surface area contributed by atoms with E-state index in [0.717, 1.165) is 0 Å². The quantitative estimate of drug-likeness (QED) is 0.528. The molecule has 1 heterocycles. The number of aryl methyl sites for hydroxylation is 1. The highest BCUT2D eigenvalue weighted by molar-refractivity contribution is 6.36. The predicted molar refractivity (Wildman–Crippen MR) is 33.6 cm³/mol. The van der Waals surface area contributed by atoms with Gasteiger partial charge in [-0.1, -0.05) is 5.16 Å². The van der Waals surface area contributed by atoms with Crippen molar-refractivity contribution in [2.75, 3.05) is 0 Å². The van der Waals surface area contributed by atoms with Crippen molar-refractivity contribution in [2.45, 2.75) is 6.92 Å². The molecule has 4 nitrogen and oxygen atoms in total. The van der Waals surface area contributed by atoms with Crippen LogP contribution in [0.1, 0.15) is 16.2 Å². The first-order chi connectivity index (χ1) is 4.63.